The Labute approximate surface area is 144 Å². The van der Waals surface area contributed by atoms with E-state index in [0.29, 0.717) is 17.1 Å². The minimum absolute atomic E-state index is 0.0777. The predicted octanol–water partition coefficient (Wildman–Crippen LogP) is 3.66. The van der Waals surface area contributed by atoms with Crippen LogP contribution in [-0.4, -0.2) is 17.1 Å². The van der Waals surface area contributed by atoms with Gasteiger partial charge in [-0.1, -0.05) is 54.2 Å². The number of hydrogen-bond donors (Lipinski definition) is 1. The highest BCUT2D eigenvalue weighted by molar-refractivity contribution is 7.98. The number of H-pyrrole nitrogens is 1. The van der Waals surface area contributed by atoms with E-state index in [4.69, 9.17) is 4.74 Å². The molecule has 4 nitrogen and oxygen atoms in total. The van der Waals surface area contributed by atoms with Gasteiger partial charge in [0.2, 0.25) is 0 Å². The van der Waals surface area contributed by atoms with E-state index >= 15 is 0 Å². The Kier molecular flexibility index (Phi) is 5.33. The molecule has 0 saturated heterocycles. The molecule has 0 bridgehead atoms. The van der Waals surface area contributed by atoms with Crippen molar-refractivity contribution < 1.29 is 4.74 Å². The van der Waals surface area contributed by atoms with Crippen LogP contribution in [0.2, 0.25) is 0 Å². The Morgan fingerprint density at radius 2 is 1.79 bits per heavy atom. The number of methoxy groups -OCH3 is 1. The molecule has 24 heavy (non-hydrogen) atoms. The monoisotopic (exact) mass is 338 g/mol. The van der Waals surface area contributed by atoms with E-state index in [9.17, 15) is 4.79 Å². The van der Waals surface area contributed by atoms with E-state index < -0.39 is 0 Å². The van der Waals surface area contributed by atoms with Crippen LogP contribution < -0.4 is 10.3 Å². The van der Waals surface area contributed by atoms with Crippen LogP contribution in [0, 0.1) is 0 Å². The quantitative estimate of drug-likeness (QED) is 0.550. The molecule has 0 atom stereocenters. The molecule has 1 heterocycles. The van der Waals surface area contributed by atoms with Crippen molar-refractivity contribution in [1.29, 1.82) is 0 Å². The second-order valence-corrected chi connectivity index (χ2v) is 6.31. The first kappa shape index (κ1) is 16.3. The van der Waals surface area contributed by atoms with Crippen molar-refractivity contribution in [2.24, 2.45) is 0 Å². The second kappa shape index (κ2) is 7.84. The van der Waals surface area contributed by atoms with Gasteiger partial charge in [0.15, 0.2) is 5.16 Å². The smallest absolute Gasteiger partial charge is 0.255 e. The number of rotatable bonds is 6. The van der Waals surface area contributed by atoms with Crippen LogP contribution in [0.15, 0.2) is 70.7 Å². The van der Waals surface area contributed by atoms with E-state index in [1.165, 1.54) is 11.8 Å². The zero-order chi connectivity index (χ0) is 16.8. The molecule has 1 N–H and O–H groups in total. The molecule has 0 saturated carbocycles. The van der Waals surface area contributed by atoms with Gasteiger partial charge < -0.3 is 9.72 Å². The average Bonchev–Trinajstić information content (AvgIpc) is 2.63. The summed E-state index contributed by atoms with van der Waals surface area (Å²) in [6, 6.07) is 17.8. The van der Waals surface area contributed by atoms with Crippen LogP contribution in [0.3, 0.4) is 0 Å². The average molecular weight is 338 g/mol. The fourth-order valence-corrected chi connectivity index (χ4v) is 3.08. The summed E-state index contributed by atoms with van der Waals surface area (Å²) in [4.78, 5) is 19.4. The molecule has 0 spiro atoms. The third kappa shape index (κ3) is 4.26. The van der Waals surface area contributed by atoms with Gasteiger partial charge >= 0.3 is 0 Å². The Morgan fingerprint density at radius 3 is 2.46 bits per heavy atom. The molecular formula is C19H18N2O2S. The van der Waals surface area contributed by atoms with Gasteiger partial charge in [-0.3, -0.25) is 4.79 Å². The van der Waals surface area contributed by atoms with Gasteiger partial charge in [-0.15, -0.1) is 0 Å². The second-order valence-electron chi connectivity index (χ2n) is 5.34. The molecular weight excluding hydrogens is 320 g/mol. The fraction of sp³-hybridized carbons (Fsp3) is 0.158. The molecule has 0 aliphatic carbocycles. The molecule has 0 aliphatic heterocycles. The van der Waals surface area contributed by atoms with Gasteiger partial charge in [-0.2, -0.15) is 0 Å². The first-order valence-electron chi connectivity index (χ1n) is 7.62. The largest absolute Gasteiger partial charge is 0.497 e. The Morgan fingerprint density at radius 1 is 1.04 bits per heavy atom. The molecule has 0 radical (unpaired) electrons. The lowest BCUT2D eigenvalue weighted by Crippen LogP contribution is -2.14. The number of ether oxygens (including phenoxy) is 1. The van der Waals surface area contributed by atoms with Crippen molar-refractivity contribution in [2.45, 2.75) is 17.3 Å². The molecule has 0 fully saturated rings. The first-order valence-corrected chi connectivity index (χ1v) is 8.61. The lowest BCUT2D eigenvalue weighted by molar-refractivity contribution is 0.414. The highest BCUT2D eigenvalue weighted by Crippen LogP contribution is 2.20. The summed E-state index contributed by atoms with van der Waals surface area (Å²) in [6.45, 7) is 0. The summed E-state index contributed by atoms with van der Waals surface area (Å²) in [5.41, 5.74) is 2.85. The predicted molar refractivity (Wildman–Crippen MR) is 96.7 cm³/mol. The first-order chi connectivity index (χ1) is 11.7. The fourth-order valence-electron chi connectivity index (χ4n) is 2.29. The zero-order valence-electron chi connectivity index (χ0n) is 13.4. The summed E-state index contributed by atoms with van der Waals surface area (Å²) in [5.74, 6) is 1.57. The van der Waals surface area contributed by atoms with Gasteiger partial charge in [0, 0.05) is 23.9 Å². The van der Waals surface area contributed by atoms with Crippen LogP contribution in [0.4, 0.5) is 0 Å². The molecule has 2 aromatic carbocycles. The third-order valence-corrected chi connectivity index (χ3v) is 4.58. The Hall–Kier alpha value is -2.53. The topological polar surface area (TPSA) is 55.0 Å². The van der Waals surface area contributed by atoms with Crippen molar-refractivity contribution in [2.75, 3.05) is 7.11 Å². The van der Waals surface area contributed by atoms with Gasteiger partial charge in [-0.25, -0.2) is 4.98 Å². The molecule has 3 aromatic rings. The van der Waals surface area contributed by atoms with Crippen molar-refractivity contribution in [3.63, 3.8) is 0 Å². The SMILES string of the molecule is COc1ccc(CSc2ncc(Cc3ccccc3)c(=O)[nH]2)cc1. The normalized spacial score (nSPS) is 10.5. The van der Waals surface area contributed by atoms with Crippen LogP contribution in [0.25, 0.3) is 0 Å². The third-order valence-electron chi connectivity index (χ3n) is 3.62. The molecule has 1 aromatic heterocycles. The van der Waals surface area contributed by atoms with Crippen LogP contribution in [0.1, 0.15) is 16.7 Å². The highest BCUT2D eigenvalue weighted by atomic mass is 32.2. The van der Waals surface area contributed by atoms with E-state index in [1.807, 2.05) is 54.6 Å². The Bertz CT molecular complexity index is 845. The van der Waals surface area contributed by atoms with Gasteiger partial charge in [0.1, 0.15) is 5.75 Å². The minimum Gasteiger partial charge on any atom is -0.497 e. The van der Waals surface area contributed by atoms with Crippen LogP contribution in [-0.2, 0) is 12.2 Å². The highest BCUT2D eigenvalue weighted by Gasteiger charge is 2.05. The maximum absolute atomic E-state index is 12.2. The standard InChI is InChI=1S/C19H18N2O2S/c1-23-17-9-7-15(8-10-17)13-24-19-20-12-16(18(22)21-19)11-14-5-3-2-4-6-14/h2-10,12H,11,13H2,1H3,(H,20,21,22). The lowest BCUT2D eigenvalue weighted by Gasteiger charge is -2.05. The van der Waals surface area contributed by atoms with Crippen LogP contribution in [0.5, 0.6) is 5.75 Å². The number of hydrogen-bond acceptors (Lipinski definition) is 4. The number of nitrogens with zero attached hydrogens (tertiary/aromatic N) is 1. The van der Waals surface area contributed by atoms with Crippen molar-refractivity contribution >= 4 is 11.8 Å². The molecule has 5 heteroatoms. The minimum atomic E-state index is -0.0777. The number of aromatic amines is 1. The van der Waals surface area contributed by atoms with Crippen LogP contribution >= 0.6 is 11.8 Å². The maximum Gasteiger partial charge on any atom is 0.255 e. The molecule has 0 aliphatic rings. The van der Waals surface area contributed by atoms with Gasteiger partial charge in [-0.05, 0) is 23.3 Å². The van der Waals surface area contributed by atoms with Crippen molar-refractivity contribution in [3.8, 4) is 5.75 Å². The number of thioether (sulfide) groups is 1. The van der Waals surface area contributed by atoms with E-state index in [-0.39, 0.29) is 5.56 Å². The van der Waals surface area contributed by atoms with E-state index in [0.717, 1.165) is 22.6 Å². The molecule has 0 amide bonds. The summed E-state index contributed by atoms with van der Waals surface area (Å²) in [5, 5.41) is 0.632. The van der Waals surface area contributed by atoms with E-state index in [2.05, 4.69) is 9.97 Å². The van der Waals surface area contributed by atoms with Crippen molar-refractivity contribution in [3.05, 3.63) is 87.8 Å². The lowest BCUT2D eigenvalue weighted by atomic mass is 10.1. The van der Waals surface area contributed by atoms with E-state index in [1.54, 1.807) is 13.3 Å². The number of aromatic nitrogens is 2. The summed E-state index contributed by atoms with van der Waals surface area (Å²) in [6.07, 6.45) is 2.26. The van der Waals surface area contributed by atoms with Gasteiger partial charge in [0.05, 0.1) is 7.11 Å². The molecule has 122 valence electrons. The zero-order valence-corrected chi connectivity index (χ0v) is 14.2. The molecule has 3 rings (SSSR count). The number of benzene rings is 2. The summed E-state index contributed by atoms with van der Waals surface area (Å²) in [7, 11) is 1.65. The number of nitrogens with one attached hydrogen (secondary N) is 1. The Balaban J connectivity index is 1.64. The summed E-state index contributed by atoms with van der Waals surface area (Å²) < 4.78 is 5.14. The molecule has 0 unspecified atom stereocenters. The summed E-state index contributed by atoms with van der Waals surface area (Å²) >= 11 is 1.51. The van der Waals surface area contributed by atoms with Gasteiger partial charge in [0.25, 0.3) is 5.56 Å². The van der Waals surface area contributed by atoms with Crippen molar-refractivity contribution in [1.82, 2.24) is 9.97 Å². The maximum atomic E-state index is 12.2.